The number of halogens is 1. The number of nitrogens with zero attached hydrogens (tertiary/aromatic N) is 1. The summed E-state index contributed by atoms with van der Waals surface area (Å²) in [5.74, 6) is 0.218. The van der Waals surface area contributed by atoms with E-state index in [-0.39, 0.29) is 23.8 Å². The van der Waals surface area contributed by atoms with Gasteiger partial charge in [-0.3, -0.25) is 9.59 Å². The number of hydrogen-bond donors (Lipinski definition) is 2. The van der Waals surface area contributed by atoms with Crippen LogP contribution < -0.4 is 10.6 Å². The van der Waals surface area contributed by atoms with Gasteiger partial charge >= 0.3 is 6.09 Å². The van der Waals surface area contributed by atoms with E-state index in [1.54, 1.807) is 43.5 Å². The summed E-state index contributed by atoms with van der Waals surface area (Å²) in [6, 6.07) is 11.1. The van der Waals surface area contributed by atoms with Crippen molar-refractivity contribution in [1.82, 2.24) is 10.2 Å². The predicted molar refractivity (Wildman–Crippen MR) is 159 cm³/mol. The Morgan fingerprint density at radius 1 is 1.10 bits per heavy atom. The first-order valence-corrected chi connectivity index (χ1v) is 15.0. The van der Waals surface area contributed by atoms with Gasteiger partial charge in [0.15, 0.2) is 0 Å². The second-order valence-corrected chi connectivity index (χ2v) is 12.6. The number of rotatable bonds is 10. The molecular formula is C30H40ClN3O4S. The van der Waals surface area contributed by atoms with Gasteiger partial charge in [0.2, 0.25) is 5.91 Å². The Hall–Kier alpha value is -2.71. The number of para-hydroxylation sites is 1. The van der Waals surface area contributed by atoms with E-state index in [4.69, 9.17) is 16.3 Å². The molecule has 4 atom stereocenters. The summed E-state index contributed by atoms with van der Waals surface area (Å²) in [5, 5.41) is 6.23. The maximum absolute atomic E-state index is 14.3. The maximum Gasteiger partial charge on any atom is 0.408 e. The number of alkyl carbamates (subject to hydrolysis) is 1. The van der Waals surface area contributed by atoms with Crippen LogP contribution in [0.5, 0.6) is 0 Å². The number of thioether (sulfide) groups is 1. The molecule has 9 heteroatoms. The van der Waals surface area contributed by atoms with Gasteiger partial charge in [0.25, 0.3) is 5.91 Å². The molecule has 1 saturated carbocycles. The number of carbonyl (C=O) groups excluding carboxylic acids is 3. The van der Waals surface area contributed by atoms with Crippen LogP contribution in [0.3, 0.4) is 0 Å². The highest BCUT2D eigenvalue weighted by molar-refractivity contribution is 7.98. The maximum atomic E-state index is 14.3. The molecule has 2 aromatic rings. The Morgan fingerprint density at radius 2 is 1.74 bits per heavy atom. The molecule has 0 radical (unpaired) electrons. The van der Waals surface area contributed by atoms with E-state index in [0.717, 1.165) is 23.1 Å². The number of carbonyl (C=O) groups is 3. The second-order valence-electron chi connectivity index (χ2n) is 11.2. The van der Waals surface area contributed by atoms with E-state index < -0.39 is 23.8 Å². The zero-order valence-electron chi connectivity index (χ0n) is 23.8. The second kappa shape index (κ2) is 13.1. The van der Waals surface area contributed by atoms with Crippen molar-refractivity contribution in [2.75, 3.05) is 17.3 Å². The molecule has 212 valence electrons. The van der Waals surface area contributed by atoms with Gasteiger partial charge in [-0.15, -0.1) is 0 Å². The van der Waals surface area contributed by atoms with E-state index in [1.807, 2.05) is 56.5 Å². The molecule has 0 aromatic heterocycles. The zero-order valence-corrected chi connectivity index (χ0v) is 25.4. The first kappa shape index (κ1) is 30.8. The fourth-order valence-corrected chi connectivity index (χ4v) is 5.33. The summed E-state index contributed by atoms with van der Waals surface area (Å²) in [6.45, 7) is 11.2. The minimum Gasteiger partial charge on any atom is -0.444 e. The van der Waals surface area contributed by atoms with Crippen LogP contribution >= 0.6 is 23.4 Å². The first-order chi connectivity index (χ1) is 18.3. The van der Waals surface area contributed by atoms with Crippen molar-refractivity contribution in [1.29, 1.82) is 0 Å². The van der Waals surface area contributed by atoms with Crippen LogP contribution in [-0.2, 0) is 14.3 Å². The van der Waals surface area contributed by atoms with Crippen molar-refractivity contribution in [2.24, 2.45) is 5.92 Å². The summed E-state index contributed by atoms with van der Waals surface area (Å²) in [6.07, 6.45) is 2.47. The summed E-state index contributed by atoms with van der Waals surface area (Å²) >= 11 is 8.04. The quantitative estimate of drug-likeness (QED) is 0.338. The highest BCUT2D eigenvalue weighted by Crippen LogP contribution is 2.42. The topological polar surface area (TPSA) is 87.7 Å². The molecule has 4 unspecified atom stereocenters. The van der Waals surface area contributed by atoms with Crippen LogP contribution in [0.15, 0.2) is 42.5 Å². The van der Waals surface area contributed by atoms with Gasteiger partial charge in [0.1, 0.15) is 17.7 Å². The first-order valence-electron chi connectivity index (χ1n) is 13.3. The Balaban J connectivity index is 2.05. The predicted octanol–water partition coefficient (Wildman–Crippen LogP) is 6.52. The fourth-order valence-electron chi connectivity index (χ4n) is 4.59. The number of aryl methyl sites for hydroxylation is 2. The zero-order chi connectivity index (χ0) is 28.9. The lowest BCUT2D eigenvalue weighted by molar-refractivity contribution is -0.141. The Bertz CT molecular complexity index is 1180. The third-order valence-electron chi connectivity index (χ3n) is 6.76. The number of amides is 3. The molecule has 0 saturated heterocycles. The molecule has 3 rings (SSSR count). The van der Waals surface area contributed by atoms with Crippen LogP contribution in [0.4, 0.5) is 10.5 Å². The highest BCUT2D eigenvalue weighted by Gasteiger charge is 2.48. The Morgan fingerprint density at radius 3 is 2.31 bits per heavy atom. The molecule has 0 heterocycles. The van der Waals surface area contributed by atoms with Crippen LogP contribution in [0, 0.1) is 19.8 Å². The summed E-state index contributed by atoms with van der Waals surface area (Å²) in [7, 11) is 0. The standard InChI is InChI=1S/C30H40ClN3O4S/c1-18-11-8-9-13-21(18)26(27(35)33-25-19(2)12-10-14-22(25)31)34(24-17-20(24)3)28(36)23(15-16-39-7)32-29(37)38-30(4,5)6/h8-14,20,23-24,26H,15-17H2,1-7H3,(H,32,37)(H,33,35). The van der Waals surface area contributed by atoms with E-state index >= 15 is 0 Å². The van der Waals surface area contributed by atoms with Gasteiger partial charge in [-0.05, 0) is 88.1 Å². The molecule has 2 N–H and O–H groups in total. The minimum absolute atomic E-state index is 0.141. The molecule has 3 amide bonds. The third-order valence-corrected chi connectivity index (χ3v) is 7.72. The number of benzene rings is 2. The van der Waals surface area contributed by atoms with E-state index in [1.165, 1.54) is 0 Å². The summed E-state index contributed by atoms with van der Waals surface area (Å²) in [4.78, 5) is 42.9. The lowest BCUT2D eigenvalue weighted by atomic mass is 9.97. The van der Waals surface area contributed by atoms with E-state index in [9.17, 15) is 14.4 Å². The van der Waals surface area contributed by atoms with Gasteiger partial charge in [-0.25, -0.2) is 4.79 Å². The van der Waals surface area contributed by atoms with Gasteiger partial charge in [0, 0.05) is 6.04 Å². The summed E-state index contributed by atoms with van der Waals surface area (Å²) in [5.41, 5.74) is 2.25. The average molecular weight is 574 g/mol. The van der Waals surface area contributed by atoms with Gasteiger partial charge in [0.05, 0.1) is 10.7 Å². The van der Waals surface area contributed by atoms with E-state index in [2.05, 4.69) is 17.6 Å². The molecule has 2 aromatic carbocycles. The number of nitrogens with one attached hydrogen (secondary N) is 2. The number of ether oxygens (including phenoxy) is 1. The molecule has 1 fully saturated rings. The SMILES string of the molecule is CSCCC(NC(=O)OC(C)(C)C)C(=O)N(C(C(=O)Nc1c(C)cccc1Cl)c1ccccc1C)C1CC1C. The van der Waals surface area contributed by atoms with Crippen LogP contribution in [0.25, 0.3) is 0 Å². The third kappa shape index (κ3) is 8.15. The largest absolute Gasteiger partial charge is 0.444 e. The molecule has 39 heavy (non-hydrogen) atoms. The molecular weight excluding hydrogens is 534 g/mol. The number of hydrogen-bond acceptors (Lipinski definition) is 5. The molecule has 1 aliphatic rings. The summed E-state index contributed by atoms with van der Waals surface area (Å²) < 4.78 is 5.47. The lowest BCUT2D eigenvalue weighted by Crippen LogP contribution is -2.53. The average Bonchev–Trinajstić information content (AvgIpc) is 3.57. The lowest BCUT2D eigenvalue weighted by Gasteiger charge is -2.35. The van der Waals surface area contributed by atoms with Crippen molar-refractivity contribution in [3.63, 3.8) is 0 Å². The minimum atomic E-state index is -0.915. The molecule has 1 aliphatic carbocycles. The van der Waals surface area contributed by atoms with Gasteiger partial charge in [-0.2, -0.15) is 11.8 Å². The Kier molecular flexibility index (Phi) is 10.4. The fraction of sp³-hybridized carbons (Fsp3) is 0.500. The van der Waals surface area contributed by atoms with Crippen molar-refractivity contribution in [3.05, 3.63) is 64.2 Å². The van der Waals surface area contributed by atoms with Crippen LogP contribution in [0.1, 0.15) is 63.3 Å². The van der Waals surface area contributed by atoms with E-state index in [0.29, 0.717) is 22.9 Å². The van der Waals surface area contributed by atoms with Crippen molar-refractivity contribution in [3.8, 4) is 0 Å². The van der Waals surface area contributed by atoms with Gasteiger partial charge in [-0.1, -0.05) is 54.9 Å². The molecule has 0 bridgehead atoms. The molecule has 7 nitrogen and oxygen atoms in total. The normalized spacial score (nSPS) is 18.1. The highest BCUT2D eigenvalue weighted by atomic mass is 35.5. The Labute approximate surface area is 241 Å². The number of anilines is 1. The smallest absolute Gasteiger partial charge is 0.408 e. The van der Waals surface area contributed by atoms with Gasteiger partial charge < -0.3 is 20.3 Å². The van der Waals surface area contributed by atoms with Crippen LogP contribution in [-0.4, -0.2) is 52.5 Å². The van der Waals surface area contributed by atoms with Crippen molar-refractivity contribution >= 4 is 47.0 Å². The van der Waals surface area contributed by atoms with Crippen molar-refractivity contribution in [2.45, 2.75) is 78.1 Å². The van der Waals surface area contributed by atoms with Crippen molar-refractivity contribution < 1.29 is 19.1 Å². The van der Waals surface area contributed by atoms with Crippen LogP contribution in [0.2, 0.25) is 5.02 Å². The molecule has 0 aliphatic heterocycles. The molecule has 0 spiro atoms. The monoisotopic (exact) mass is 573 g/mol.